The molecule has 0 unspecified atom stereocenters. The normalized spacial score (nSPS) is 14.8. The summed E-state index contributed by atoms with van der Waals surface area (Å²) in [7, 11) is 0. The van der Waals surface area contributed by atoms with Crippen LogP contribution in [0, 0.1) is 23.7 Å². The van der Waals surface area contributed by atoms with Crippen LogP contribution < -0.4 is 49.5 Å². The molecular weight excluding hydrogens is 676 g/mol. The van der Waals surface area contributed by atoms with E-state index in [4.69, 9.17) is 22.9 Å². The van der Waals surface area contributed by atoms with Gasteiger partial charge in [-0.1, -0.05) is 55.4 Å². The number of aliphatic carboxylic acids is 1. The van der Waals surface area contributed by atoms with Crippen molar-refractivity contribution in [3.8, 4) is 0 Å². The third kappa shape index (κ3) is 20.4. The molecule has 52 heavy (non-hydrogen) atoms. The molecule has 0 spiro atoms. The van der Waals surface area contributed by atoms with E-state index in [0.29, 0.717) is 6.42 Å². The molecule has 6 atom stereocenters. The number of nitrogens with zero attached hydrogens (tertiary/aromatic N) is 1. The molecule has 0 saturated heterocycles. The van der Waals surface area contributed by atoms with Gasteiger partial charge in [-0.3, -0.25) is 33.8 Å². The van der Waals surface area contributed by atoms with Gasteiger partial charge in [0.2, 0.25) is 35.4 Å². The van der Waals surface area contributed by atoms with Crippen molar-refractivity contribution >= 4 is 47.4 Å². The minimum Gasteiger partial charge on any atom is -0.480 e. The fourth-order valence-electron chi connectivity index (χ4n) is 5.26. The minimum absolute atomic E-state index is 0.0146. The predicted octanol–water partition coefficient (Wildman–Crippen LogP) is -1.06. The highest BCUT2D eigenvalue weighted by molar-refractivity contribution is 5.97. The molecule has 0 aliphatic heterocycles. The molecule has 0 fully saturated rings. The van der Waals surface area contributed by atoms with E-state index in [0.717, 1.165) is 0 Å². The highest BCUT2D eigenvalue weighted by Crippen LogP contribution is 2.12. The Morgan fingerprint density at radius 1 is 0.538 bits per heavy atom. The summed E-state index contributed by atoms with van der Waals surface area (Å²) in [6.45, 7) is 14.8. The maximum atomic E-state index is 13.8. The van der Waals surface area contributed by atoms with Crippen LogP contribution in [0.4, 0.5) is 0 Å². The topological polar surface area (TPSA) is 316 Å². The molecule has 0 aromatic rings. The van der Waals surface area contributed by atoms with Gasteiger partial charge in [-0.25, -0.2) is 4.79 Å². The van der Waals surface area contributed by atoms with E-state index >= 15 is 0 Å². The van der Waals surface area contributed by atoms with Crippen LogP contribution in [0.15, 0.2) is 4.99 Å². The van der Waals surface area contributed by atoms with Crippen LogP contribution in [0.25, 0.3) is 0 Å². The predicted molar refractivity (Wildman–Crippen MR) is 197 cm³/mol. The fourth-order valence-corrected chi connectivity index (χ4v) is 5.26. The Morgan fingerprint density at radius 3 is 1.31 bits per heavy atom. The third-order valence-corrected chi connectivity index (χ3v) is 7.68. The summed E-state index contributed by atoms with van der Waals surface area (Å²) in [6.07, 6.45) is 0.434. The van der Waals surface area contributed by atoms with E-state index in [-0.39, 0.29) is 68.3 Å². The molecule has 298 valence electrons. The first-order valence-corrected chi connectivity index (χ1v) is 17.9. The fraction of sp³-hybridized carbons (Fsp3) is 0.765. The van der Waals surface area contributed by atoms with E-state index in [1.54, 1.807) is 0 Å². The first kappa shape index (κ1) is 47.5. The Kier molecular flexibility index (Phi) is 21.8. The molecule has 6 amide bonds. The Labute approximate surface area is 307 Å². The number of hydrogen-bond acceptors (Lipinski definition) is 9. The second kappa shape index (κ2) is 23.9. The molecule has 0 bridgehead atoms. The molecule has 18 heteroatoms. The van der Waals surface area contributed by atoms with Gasteiger partial charge in [0.1, 0.15) is 30.2 Å². The summed E-state index contributed by atoms with van der Waals surface area (Å²) in [4.78, 5) is 94.5. The Bertz CT molecular complexity index is 1240. The lowest BCUT2D eigenvalue weighted by Gasteiger charge is -2.28. The zero-order valence-electron chi connectivity index (χ0n) is 32.0. The largest absolute Gasteiger partial charge is 0.480 e. The average molecular weight is 741 g/mol. The number of primary amides is 1. The summed E-state index contributed by atoms with van der Waals surface area (Å²) < 4.78 is 0. The van der Waals surface area contributed by atoms with Crippen LogP contribution in [0.1, 0.15) is 100 Å². The van der Waals surface area contributed by atoms with Gasteiger partial charge in [-0.15, -0.1) is 0 Å². The molecule has 0 heterocycles. The molecule has 0 aliphatic rings. The van der Waals surface area contributed by atoms with Gasteiger partial charge in [-0.2, -0.15) is 0 Å². The third-order valence-electron chi connectivity index (χ3n) is 7.68. The number of carbonyl (C=O) groups excluding carboxylic acids is 6. The number of rotatable bonds is 25. The van der Waals surface area contributed by atoms with Crippen LogP contribution in [0.5, 0.6) is 0 Å². The molecular formula is C34H64N10O8. The number of carboxylic acids is 1. The lowest BCUT2D eigenvalue weighted by atomic mass is 9.98. The van der Waals surface area contributed by atoms with Crippen LogP contribution in [0.3, 0.4) is 0 Å². The molecule has 0 saturated carbocycles. The number of nitrogens with one attached hydrogen (secondary N) is 5. The molecule has 0 aromatic carbocycles. The number of guanidine groups is 1. The number of carbonyl (C=O) groups is 7. The number of aliphatic imine (C=N–C) groups is 1. The maximum absolute atomic E-state index is 13.8. The number of nitrogens with two attached hydrogens (primary N) is 4. The maximum Gasteiger partial charge on any atom is 0.326 e. The lowest BCUT2D eigenvalue weighted by Crippen LogP contribution is -2.60. The average Bonchev–Trinajstić information content (AvgIpc) is 2.99. The highest BCUT2D eigenvalue weighted by Gasteiger charge is 2.34. The van der Waals surface area contributed by atoms with Crippen LogP contribution >= 0.6 is 0 Å². The second-order valence-corrected chi connectivity index (χ2v) is 14.9. The quantitative estimate of drug-likeness (QED) is 0.0305. The van der Waals surface area contributed by atoms with E-state index in [1.165, 1.54) is 0 Å². The molecule has 0 aliphatic carbocycles. The van der Waals surface area contributed by atoms with Crippen molar-refractivity contribution in [2.75, 3.05) is 6.54 Å². The standard InChI is InChI=1S/C34H64N10O8/c1-17(2)12-21(35)28(46)41-25(16-27(36)45)32(50)40-22(10-9-11-39-34(37)38)29(47)42-23(13-18(3)4)30(48)43-24(14-19(5)6)31(49)44-26(33(51)52)15-20(7)8/h17-26H,9-16,35H2,1-8H3,(H2,36,45)(H,40,50)(H,41,46)(H,42,47)(H,43,48)(H,44,49)(H,51,52)(H4,37,38,39)/t21-,22-,23-,24-,25-,26-/m0/s1. The molecule has 0 radical (unpaired) electrons. The zero-order valence-corrected chi connectivity index (χ0v) is 32.0. The summed E-state index contributed by atoms with van der Waals surface area (Å²) in [5.74, 6) is -6.13. The summed E-state index contributed by atoms with van der Waals surface area (Å²) in [5, 5.41) is 22.5. The van der Waals surface area contributed by atoms with Crippen molar-refractivity contribution in [1.82, 2.24) is 26.6 Å². The number of carboxylic acid groups (broad SMARTS) is 1. The monoisotopic (exact) mass is 740 g/mol. The molecule has 0 aromatic heterocycles. The van der Waals surface area contributed by atoms with Gasteiger partial charge in [0.25, 0.3) is 0 Å². The number of hydrogen-bond donors (Lipinski definition) is 10. The van der Waals surface area contributed by atoms with Crippen LogP contribution in [-0.4, -0.2) is 95.3 Å². The minimum atomic E-state index is -1.45. The van der Waals surface area contributed by atoms with Gasteiger partial charge in [0.15, 0.2) is 5.96 Å². The molecule has 0 rings (SSSR count). The van der Waals surface area contributed by atoms with Crippen molar-refractivity contribution in [1.29, 1.82) is 0 Å². The van der Waals surface area contributed by atoms with Crippen molar-refractivity contribution in [3.05, 3.63) is 0 Å². The van der Waals surface area contributed by atoms with Crippen LogP contribution in [0.2, 0.25) is 0 Å². The molecule has 18 nitrogen and oxygen atoms in total. The lowest BCUT2D eigenvalue weighted by molar-refractivity contribution is -0.143. The van der Waals surface area contributed by atoms with Crippen molar-refractivity contribution in [3.63, 3.8) is 0 Å². The van der Waals surface area contributed by atoms with E-state index in [1.807, 2.05) is 55.4 Å². The highest BCUT2D eigenvalue weighted by atomic mass is 16.4. The Hall–Kier alpha value is -4.48. The van der Waals surface area contributed by atoms with Gasteiger partial charge in [-0.05, 0) is 62.2 Å². The van der Waals surface area contributed by atoms with E-state index in [2.05, 4.69) is 31.6 Å². The number of amides is 6. The SMILES string of the molecule is CC(C)C[C@H](NC(=O)[C@H](CC(C)C)NC(=O)[C@H](CC(C)C)NC(=O)[C@H](CCCN=C(N)N)NC(=O)[C@H](CC(N)=O)NC(=O)[C@@H](N)CC(C)C)C(=O)O. The van der Waals surface area contributed by atoms with Gasteiger partial charge in [0, 0.05) is 6.54 Å². The van der Waals surface area contributed by atoms with Crippen molar-refractivity contribution in [2.45, 2.75) is 137 Å². The smallest absolute Gasteiger partial charge is 0.326 e. The summed E-state index contributed by atoms with van der Waals surface area (Å²) in [6, 6.07) is -7.15. The zero-order chi connectivity index (χ0) is 40.3. The van der Waals surface area contributed by atoms with E-state index in [9.17, 15) is 38.7 Å². The van der Waals surface area contributed by atoms with Crippen molar-refractivity contribution < 1.29 is 38.7 Å². The Balaban J connectivity index is 6.33. The van der Waals surface area contributed by atoms with Gasteiger partial charge >= 0.3 is 5.97 Å². The summed E-state index contributed by atoms with van der Waals surface area (Å²) >= 11 is 0. The van der Waals surface area contributed by atoms with Gasteiger partial charge < -0.3 is 54.6 Å². The first-order chi connectivity index (χ1) is 24.0. The van der Waals surface area contributed by atoms with Crippen molar-refractivity contribution in [2.24, 2.45) is 51.6 Å². The Morgan fingerprint density at radius 2 is 0.904 bits per heavy atom. The first-order valence-electron chi connectivity index (χ1n) is 17.9. The van der Waals surface area contributed by atoms with Crippen LogP contribution in [-0.2, 0) is 33.6 Å². The summed E-state index contributed by atoms with van der Waals surface area (Å²) in [5.41, 5.74) is 22.2. The molecule has 14 N–H and O–H groups in total. The van der Waals surface area contributed by atoms with Gasteiger partial charge in [0.05, 0.1) is 12.5 Å². The second-order valence-electron chi connectivity index (χ2n) is 14.9. The van der Waals surface area contributed by atoms with E-state index < -0.39 is 84.1 Å².